The molecule has 2 N–H and O–H groups in total. The first-order valence-corrected chi connectivity index (χ1v) is 13.4. The Balaban J connectivity index is 1.71. The van der Waals surface area contributed by atoms with E-state index < -0.39 is 22.9 Å². The minimum atomic E-state index is -0.730. The lowest BCUT2D eigenvalue weighted by molar-refractivity contribution is -0.189. The predicted molar refractivity (Wildman–Crippen MR) is 133 cm³/mol. The summed E-state index contributed by atoms with van der Waals surface area (Å²) in [6.45, 7) is 15.8. The van der Waals surface area contributed by atoms with Crippen LogP contribution >= 0.6 is 0 Å². The highest BCUT2D eigenvalue weighted by atomic mass is 16.4. The summed E-state index contributed by atoms with van der Waals surface area (Å²) >= 11 is 0. The van der Waals surface area contributed by atoms with Crippen molar-refractivity contribution in [2.24, 2.45) is 44.3 Å². The number of Topliss-reactive ketones (excluding diaryl/α,β-unsaturated/α-hetero) is 1. The minimum Gasteiger partial charge on any atom is -0.481 e. The molecule has 0 radical (unpaired) electrons. The molecule has 188 valence electrons. The number of carbonyl (C=O) groups excluding carboxylic acids is 1. The summed E-state index contributed by atoms with van der Waals surface area (Å²) in [5, 5.41) is 21.3. The fourth-order valence-electron chi connectivity index (χ4n) is 9.62. The van der Waals surface area contributed by atoms with Crippen molar-refractivity contribution in [2.45, 2.75) is 106 Å². The highest BCUT2D eigenvalue weighted by molar-refractivity contribution is 5.88. The lowest BCUT2D eigenvalue weighted by atomic mass is 9.35. The Morgan fingerprint density at radius 1 is 0.971 bits per heavy atom. The molecule has 34 heavy (non-hydrogen) atoms. The van der Waals surface area contributed by atoms with Gasteiger partial charge in [0.15, 0.2) is 0 Å². The zero-order valence-corrected chi connectivity index (χ0v) is 22.3. The van der Waals surface area contributed by atoms with E-state index in [9.17, 15) is 19.8 Å². The monoisotopic (exact) mass is 468 g/mol. The van der Waals surface area contributed by atoms with Crippen molar-refractivity contribution in [1.82, 2.24) is 0 Å². The van der Waals surface area contributed by atoms with Crippen LogP contribution in [0.4, 0.5) is 0 Å². The lowest BCUT2D eigenvalue weighted by Crippen LogP contribution is -2.66. The quantitative estimate of drug-likeness (QED) is 0.471. The molecular formula is C30H44O4. The zero-order chi connectivity index (χ0) is 25.1. The van der Waals surface area contributed by atoms with Gasteiger partial charge in [-0.15, -0.1) is 0 Å². The van der Waals surface area contributed by atoms with Gasteiger partial charge in [0, 0.05) is 11.8 Å². The van der Waals surface area contributed by atoms with Crippen LogP contribution in [0.15, 0.2) is 23.3 Å². The molecule has 5 aliphatic carbocycles. The van der Waals surface area contributed by atoms with E-state index in [-0.39, 0.29) is 45.7 Å². The van der Waals surface area contributed by atoms with E-state index in [0.29, 0.717) is 6.42 Å². The van der Waals surface area contributed by atoms with Crippen LogP contribution in [-0.2, 0) is 9.59 Å². The van der Waals surface area contributed by atoms with Crippen molar-refractivity contribution in [1.29, 1.82) is 0 Å². The first kappa shape index (κ1) is 24.3. The van der Waals surface area contributed by atoms with E-state index in [1.165, 1.54) is 11.1 Å². The van der Waals surface area contributed by atoms with Gasteiger partial charge in [0.2, 0.25) is 0 Å². The highest BCUT2D eigenvalue weighted by Crippen LogP contribution is 2.73. The van der Waals surface area contributed by atoms with Crippen LogP contribution in [0.25, 0.3) is 0 Å². The molecule has 5 aliphatic rings. The van der Waals surface area contributed by atoms with Crippen molar-refractivity contribution in [2.75, 3.05) is 0 Å². The van der Waals surface area contributed by atoms with E-state index in [1.807, 2.05) is 0 Å². The first-order chi connectivity index (χ1) is 15.6. The Labute approximate surface area is 205 Å². The molecular weight excluding hydrogens is 424 g/mol. The van der Waals surface area contributed by atoms with Gasteiger partial charge < -0.3 is 10.2 Å². The van der Waals surface area contributed by atoms with Gasteiger partial charge in [-0.05, 0) is 89.6 Å². The number of aliphatic carboxylic acids is 1. The number of carboxylic acid groups (broad SMARTS) is 1. The predicted octanol–water partition coefficient (Wildman–Crippen LogP) is 6.33. The number of aliphatic hydroxyl groups excluding tert-OH is 1. The third kappa shape index (κ3) is 2.70. The van der Waals surface area contributed by atoms with Crippen LogP contribution in [0.1, 0.15) is 99.8 Å². The normalized spacial score (nSPS) is 48.9. The fraction of sp³-hybridized carbons (Fsp3) is 0.800. The van der Waals surface area contributed by atoms with E-state index in [0.717, 1.165) is 38.5 Å². The van der Waals surface area contributed by atoms with Crippen molar-refractivity contribution in [3.05, 3.63) is 23.3 Å². The second-order valence-electron chi connectivity index (χ2n) is 14.5. The van der Waals surface area contributed by atoms with Gasteiger partial charge >= 0.3 is 5.97 Å². The summed E-state index contributed by atoms with van der Waals surface area (Å²) < 4.78 is 0. The average molecular weight is 469 g/mol. The van der Waals surface area contributed by atoms with E-state index in [1.54, 1.807) is 0 Å². The molecule has 7 atom stereocenters. The summed E-state index contributed by atoms with van der Waals surface area (Å²) in [6.07, 6.45) is 10.2. The van der Waals surface area contributed by atoms with E-state index in [2.05, 4.69) is 60.6 Å². The Morgan fingerprint density at radius 2 is 1.62 bits per heavy atom. The molecule has 3 saturated carbocycles. The summed E-state index contributed by atoms with van der Waals surface area (Å²) in [6, 6.07) is 0. The molecule has 0 amide bonds. The van der Waals surface area contributed by atoms with Crippen LogP contribution < -0.4 is 0 Å². The molecule has 0 aromatic heterocycles. The number of carboxylic acids is 1. The van der Waals surface area contributed by atoms with Gasteiger partial charge in [-0.1, -0.05) is 60.6 Å². The van der Waals surface area contributed by atoms with E-state index in [4.69, 9.17) is 0 Å². The fourth-order valence-corrected chi connectivity index (χ4v) is 9.62. The molecule has 0 aliphatic heterocycles. The van der Waals surface area contributed by atoms with Crippen molar-refractivity contribution in [3.63, 3.8) is 0 Å². The zero-order valence-electron chi connectivity index (χ0n) is 22.3. The molecule has 0 bridgehead atoms. The van der Waals surface area contributed by atoms with Gasteiger partial charge in [-0.25, -0.2) is 0 Å². The second-order valence-corrected chi connectivity index (χ2v) is 14.5. The van der Waals surface area contributed by atoms with Crippen LogP contribution in [0.5, 0.6) is 0 Å². The van der Waals surface area contributed by atoms with Gasteiger partial charge in [-0.2, -0.15) is 0 Å². The number of fused-ring (bicyclic) bond motifs is 6. The molecule has 4 heteroatoms. The molecule has 0 aromatic carbocycles. The highest BCUT2D eigenvalue weighted by Gasteiger charge is 2.69. The van der Waals surface area contributed by atoms with Crippen LogP contribution in [0.2, 0.25) is 0 Å². The van der Waals surface area contributed by atoms with Crippen LogP contribution in [-0.4, -0.2) is 28.1 Å². The largest absolute Gasteiger partial charge is 0.481 e. The van der Waals surface area contributed by atoms with E-state index >= 15 is 0 Å². The number of rotatable bonds is 1. The molecule has 5 rings (SSSR count). The van der Waals surface area contributed by atoms with Crippen molar-refractivity contribution >= 4 is 11.8 Å². The first-order valence-electron chi connectivity index (χ1n) is 13.4. The molecule has 4 nitrogen and oxygen atoms in total. The lowest BCUT2D eigenvalue weighted by Gasteiger charge is -2.68. The molecule has 0 spiro atoms. The summed E-state index contributed by atoms with van der Waals surface area (Å²) in [5.74, 6) is -0.199. The second kappa shape index (κ2) is 6.87. The van der Waals surface area contributed by atoms with Crippen LogP contribution in [0, 0.1) is 44.3 Å². The number of ketones is 1. The topological polar surface area (TPSA) is 74.6 Å². The number of allylic oxidation sites excluding steroid dienone is 3. The third-order valence-electron chi connectivity index (χ3n) is 12.3. The maximum absolute atomic E-state index is 13.7. The van der Waals surface area contributed by atoms with Gasteiger partial charge in [0.05, 0.1) is 11.5 Å². The Kier molecular flexibility index (Phi) is 4.90. The number of aliphatic hydroxyl groups is 1. The molecule has 0 aromatic rings. The number of hydrogen-bond donors (Lipinski definition) is 2. The molecule has 0 heterocycles. The Morgan fingerprint density at radius 3 is 2.26 bits per heavy atom. The number of carbonyl (C=O) groups is 2. The smallest absolute Gasteiger partial charge is 0.313 e. The average Bonchev–Trinajstić information content (AvgIpc) is 2.72. The Hall–Kier alpha value is -1.42. The van der Waals surface area contributed by atoms with Crippen molar-refractivity contribution < 1.29 is 19.8 Å². The standard InChI is InChI=1S/C30H44O4/c1-25(2)12-14-30(24(33)34)15-13-27(5)18(19(30)17-25)8-9-21-28(27,6)11-10-20-26(3,4)22(31)16-23(32)29(20,21)7/h8-9,20-22,31H,10-17H2,1-7H3,(H,33,34). The summed E-state index contributed by atoms with van der Waals surface area (Å²) in [7, 11) is 0. The Bertz CT molecular complexity index is 1020. The summed E-state index contributed by atoms with van der Waals surface area (Å²) in [4.78, 5) is 26.4. The molecule has 7 unspecified atom stereocenters. The van der Waals surface area contributed by atoms with Gasteiger partial charge in [0.1, 0.15) is 5.78 Å². The molecule has 0 saturated heterocycles. The maximum atomic E-state index is 13.7. The van der Waals surface area contributed by atoms with Gasteiger partial charge in [-0.3, -0.25) is 9.59 Å². The third-order valence-corrected chi connectivity index (χ3v) is 12.3. The van der Waals surface area contributed by atoms with Gasteiger partial charge in [0.25, 0.3) is 0 Å². The van der Waals surface area contributed by atoms with Crippen molar-refractivity contribution in [3.8, 4) is 0 Å². The SMILES string of the molecule is CC1(C)CCC2(C(=O)O)CCC3(C)C(=C2C1)C=CC1C2(C)C(=O)CC(O)C(C)(C)C2CCC13C. The molecule has 3 fully saturated rings. The maximum Gasteiger partial charge on any atom is 0.313 e. The number of hydrogen-bond acceptors (Lipinski definition) is 3. The minimum absolute atomic E-state index is 0.0984. The van der Waals surface area contributed by atoms with Crippen LogP contribution in [0.3, 0.4) is 0 Å². The summed E-state index contributed by atoms with van der Waals surface area (Å²) in [5.41, 5.74) is 0.739.